The van der Waals surface area contributed by atoms with E-state index in [1.807, 2.05) is 24.3 Å². The maximum absolute atomic E-state index is 10.8. The van der Waals surface area contributed by atoms with Gasteiger partial charge >= 0.3 is 5.97 Å². The van der Waals surface area contributed by atoms with E-state index in [9.17, 15) is 4.79 Å². The van der Waals surface area contributed by atoms with Crippen molar-refractivity contribution in [2.24, 2.45) is 0 Å². The number of aromatic nitrogens is 2. The Morgan fingerprint density at radius 2 is 2.05 bits per heavy atom. The number of hydrogen-bond acceptors (Lipinski definition) is 5. The Morgan fingerprint density at radius 3 is 2.68 bits per heavy atom. The van der Waals surface area contributed by atoms with Gasteiger partial charge in [-0.2, -0.15) is 0 Å². The second kappa shape index (κ2) is 5.81. The van der Waals surface area contributed by atoms with Crippen LogP contribution in [0.3, 0.4) is 0 Å². The van der Waals surface area contributed by atoms with E-state index in [1.165, 1.54) is 12.4 Å². The highest BCUT2D eigenvalue weighted by Crippen LogP contribution is 2.12. The molecular weight excluding hydrogens is 246 g/mol. The number of carbonyl (C=O) groups is 1. The van der Waals surface area contributed by atoms with E-state index in [1.54, 1.807) is 7.11 Å². The third-order valence-corrected chi connectivity index (χ3v) is 2.49. The van der Waals surface area contributed by atoms with Crippen molar-refractivity contribution < 1.29 is 14.6 Å². The number of hydrogen-bond donors (Lipinski definition) is 2. The van der Waals surface area contributed by atoms with Crippen molar-refractivity contribution in [1.82, 2.24) is 9.97 Å². The Balaban J connectivity index is 2.01. The van der Waals surface area contributed by atoms with E-state index in [4.69, 9.17) is 9.84 Å². The van der Waals surface area contributed by atoms with Crippen molar-refractivity contribution in [3.05, 3.63) is 47.9 Å². The van der Waals surface area contributed by atoms with Gasteiger partial charge in [0.25, 0.3) is 0 Å². The molecule has 1 aromatic heterocycles. The van der Waals surface area contributed by atoms with E-state index < -0.39 is 5.97 Å². The van der Waals surface area contributed by atoms with E-state index in [0.29, 0.717) is 12.4 Å². The van der Waals surface area contributed by atoms with Crippen LogP contribution in [-0.2, 0) is 6.54 Å². The van der Waals surface area contributed by atoms with Gasteiger partial charge in [0.2, 0.25) is 0 Å². The molecule has 98 valence electrons. The molecule has 0 amide bonds. The summed E-state index contributed by atoms with van der Waals surface area (Å²) in [5.74, 6) is 0.118. The largest absolute Gasteiger partial charge is 0.497 e. The summed E-state index contributed by atoms with van der Waals surface area (Å²) in [5.41, 5.74) is 0.947. The SMILES string of the molecule is COc1ccc(CNc2cncc(C(=O)O)n2)cc1. The Morgan fingerprint density at radius 1 is 1.32 bits per heavy atom. The van der Waals surface area contributed by atoms with Gasteiger partial charge in [0.05, 0.1) is 19.5 Å². The fourth-order valence-corrected chi connectivity index (χ4v) is 1.49. The number of nitrogens with one attached hydrogen (secondary N) is 1. The van der Waals surface area contributed by atoms with Gasteiger partial charge in [-0.25, -0.2) is 9.78 Å². The average Bonchev–Trinajstić information content (AvgIpc) is 2.46. The number of carboxylic acid groups (broad SMARTS) is 1. The molecule has 2 aromatic rings. The third kappa shape index (κ3) is 3.41. The number of benzene rings is 1. The van der Waals surface area contributed by atoms with Crippen molar-refractivity contribution in [3.8, 4) is 5.75 Å². The lowest BCUT2D eigenvalue weighted by Gasteiger charge is -2.06. The standard InChI is InChI=1S/C13H13N3O3/c1-19-10-4-2-9(3-5-10)6-15-12-8-14-7-11(16-12)13(17)18/h2-5,7-8H,6H2,1H3,(H,15,16)(H,17,18). The topological polar surface area (TPSA) is 84.3 Å². The average molecular weight is 259 g/mol. The van der Waals surface area contributed by atoms with Gasteiger partial charge in [-0.15, -0.1) is 0 Å². The number of ether oxygens (including phenoxy) is 1. The lowest BCUT2D eigenvalue weighted by atomic mass is 10.2. The highest BCUT2D eigenvalue weighted by molar-refractivity contribution is 5.85. The molecule has 1 heterocycles. The zero-order chi connectivity index (χ0) is 13.7. The van der Waals surface area contributed by atoms with Gasteiger partial charge in [0.15, 0.2) is 5.69 Å². The van der Waals surface area contributed by atoms with Crippen LogP contribution < -0.4 is 10.1 Å². The van der Waals surface area contributed by atoms with Crippen molar-refractivity contribution in [2.75, 3.05) is 12.4 Å². The predicted octanol–water partition coefficient (Wildman–Crippen LogP) is 1.80. The van der Waals surface area contributed by atoms with Gasteiger partial charge in [-0.05, 0) is 17.7 Å². The predicted molar refractivity (Wildman–Crippen MR) is 69.3 cm³/mol. The Hall–Kier alpha value is -2.63. The minimum Gasteiger partial charge on any atom is -0.497 e. The third-order valence-electron chi connectivity index (χ3n) is 2.49. The van der Waals surface area contributed by atoms with Crippen LogP contribution in [0.15, 0.2) is 36.7 Å². The number of aromatic carboxylic acids is 1. The van der Waals surface area contributed by atoms with Crippen molar-refractivity contribution in [3.63, 3.8) is 0 Å². The molecular formula is C13H13N3O3. The molecule has 0 saturated carbocycles. The van der Waals surface area contributed by atoms with Crippen molar-refractivity contribution >= 4 is 11.8 Å². The number of methoxy groups -OCH3 is 1. The van der Waals surface area contributed by atoms with Crippen LogP contribution in [0.25, 0.3) is 0 Å². The number of carboxylic acids is 1. The van der Waals surface area contributed by atoms with E-state index >= 15 is 0 Å². The van der Waals surface area contributed by atoms with Crippen LogP contribution in [0.1, 0.15) is 16.1 Å². The first-order valence-corrected chi connectivity index (χ1v) is 5.61. The van der Waals surface area contributed by atoms with Crippen LogP contribution in [0, 0.1) is 0 Å². The molecule has 0 fully saturated rings. The second-order valence-corrected chi connectivity index (χ2v) is 3.80. The summed E-state index contributed by atoms with van der Waals surface area (Å²) in [7, 11) is 1.61. The smallest absolute Gasteiger partial charge is 0.356 e. The van der Waals surface area contributed by atoms with Gasteiger partial charge < -0.3 is 15.2 Å². The summed E-state index contributed by atoms with van der Waals surface area (Å²) in [5, 5.41) is 11.8. The lowest BCUT2D eigenvalue weighted by molar-refractivity contribution is 0.0690. The fourth-order valence-electron chi connectivity index (χ4n) is 1.49. The molecule has 0 aliphatic rings. The molecule has 0 bridgehead atoms. The zero-order valence-electron chi connectivity index (χ0n) is 10.3. The van der Waals surface area contributed by atoms with Crippen molar-refractivity contribution in [2.45, 2.75) is 6.54 Å². The van der Waals surface area contributed by atoms with Crippen LogP contribution in [0.2, 0.25) is 0 Å². The summed E-state index contributed by atoms with van der Waals surface area (Å²) in [6, 6.07) is 7.55. The molecule has 0 unspecified atom stereocenters. The number of nitrogens with zero attached hydrogens (tertiary/aromatic N) is 2. The van der Waals surface area contributed by atoms with Crippen molar-refractivity contribution in [1.29, 1.82) is 0 Å². The highest BCUT2D eigenvalue weighted by atomic mass is 16.5. The van der Waals surface area contributed by atoms with Gasteiger partial charge in [0, 0.05) is 6.54 Å². The summed E-state index contributed by atoms with van der Waals surface area (Å²) >= 11 is 0. The van der Waals surface area contributed by atoms with Gasteiger partial charge in [-0.1, -0.05) is 12.1 Å². The molecule has 6 nitrogen and oxygen atoms in total. The van der Waals surface area contributed by atoms with E-state index in [0.717, 1.165) is 11.3 Å². The Bertz CT molecular complexity index is 570. The maximum Gasteiger partial charge on any atom is 0.356 e. The number of anilines is 1. The summed E-state index contributed by atoms with van der Waals surface area (Å²) in [6.45, 7) is 0.530. The van der Waals surface area contributed by atoms with Crippen LogP contribution in [0.5, 0.6) is 5.75 Å². The molecule has 0 aliphatic heterocycles. The molecule has 19 heavy (non-hydrogen) atoms. The van der Waals surface area contributed by atoms with E-state index in [-0.39, 0.29) is 5.69 Å². The molecule has 0 radical (unpaired) electrons. The molecule has 1 aromatic carbocycles. The highest BCUT2D eigenvalue weighted by Gasteiger charge is 2.05. The molecule has 2 rings (SSSR count). The first-order chi connectivity index (χ1) is 9.19. The zero-order valence-corrected chi connectivity index (χ0v) is 10.3. The molecule has 0 spiro atoms. The first-order valence-electron chi connectivity index (χ1n) is 5.61. The molecule has 0 aliphatic carbocycles. The Labute approximate surface area is 110 Å². The first kappa shape index (κ1) is 12.8. The van der Waals surface area contributed by atoms with Crippen LogP contribution in [-0.4, -0.2) is 28.2 Å². The summed E-state index contributed by atoms with van der Waals surface area (Å²) in [4.78, 5) is 18.5. The molecule has 2 N–H and O–H groups in total. The van der Waals surface area contributed by atoms with Crippen LogP contribution in [0.4, 0.5) is 5.82 Å². The lowest BCUT2D eigenvalue weighted by Crippen LogP contribution is -2.06. The molecule has 0 atom stereocenters. The minimum atomic E-state index is -1.10. The molecule has 0 saturated heterocycles. The number of rotatable bonds is 5. The maximum atomic E-state index is 10.8. The quantitative estimate of drug-likeness (QED) is 0.851. The minimum absolute atomic E-state index is 0.0836. The summed E-state index contributed by atoms with van der Waals surface area (Å²) in [6.07, 6.45) is 2.69. The summed E-state index contributed by atoms with van der Waals surface area (Å²) < 4.78 is 5.07. The van der Waals surface area contributed by atoms with Crippen LogP contribution >= 0.6 is 0 Å². The van der Waals surface area contributed by atoms with Gasteiger partial charge in [-0.3, -0.25) is 4.98 Å². The fraction of sp³-hybridized carbons (Fsp3) is 0.154. The second-order valence-electron chi connectivity index (χ2n) is 3.80. The monoisotopic (exact) mass is 259 g/mol. The van der Waals surface area contributed by atoms with Gasteiger partial charge in [0.1, 0.15) is 11.6 Å². The Kier molecular flexibility index (Phi) is 3.92. The molecule has 6 heteroatoms. The normalized spacial score (nSPS) is 9.95. The van der Waals surface area contributed by atoms with E-state index in [2.05, 4.69) is 15.3 Å².